The molecule has 0 atom stereocenters. The molecule has 4 nitrogen and oxygen atoms in total. The number of nitrogens with one attached hydrogen (secondary N) is 1. The normalized spacial score (nSPS) is 34.1. The van der Waals surface area contributed by atoms with E-state index < -0.39 is 0 Å². The summed E-state index contributed by atoms with van der Waals surface area (Å²) in [7, 11) is 0. The third-order valence-corrected chi connectivity index (χ3v) is 8.26. The first-order chi connectivity index (χ1) is 13.2. The van der Waals surface area contributed by atoms with Crippen molar-refractivity contribution in [1.29, 1.82) is 0 Å². The fraction of sp³-hybridized carbons (Fsp3) is 1.00. The van der Waals surface area contributed by atoms with Crippen LogP contribution in [0.3, 0.4) is 0 Å². The molecule has 0 bridgehead atoms. The maximum absolute atomic E-state index is 6.41. The molecule has 0 unspecified atom stereocenters. The average Bonchev–Trinajstić information content (AvgIpc) is 2.73. The van der Waals surface area contributed by atoms with Crippen molar-refractivity contribution in [3.8, 4) is 0 Å². The second-order valence-electron chi connectivity index (χ2n) is 9.96. The first-order valence-electron chi connectivity index (χ1n) is 12.1. The van der Waals surface area contributed by atoms with Crippen LogP contribution in [0.1, 0.15) is 71.1 Å². The van der Waals surface area contributed by atoms with Gasteiger partial charge in [0.25, 0.3) is 0 Å². The van der Waals surface area contributed by atoms with Gasteiger partial charge in [-0.25, -0.2) is 0 Å². The molecule has 0 amide bonds. The van der Waals surface area contributed by atoms with Gasteiger partial charge in [-0.15, -0.1) is 0 Å². The molecule has 1 N–H and O–H groups in total. The van der Waals surface area contributed by atoms with E-state index >= 15 is 0 Å². The third kappa shape index (κ3) is 5.46. The molecule has 4 rings (SSSR count). The highest BCUT2D eigenvalue weighted by atomic mass is 16.5. The lowest BCUT2D eigenvalue weighted by Gasteiger charge is -2.47. The van der Waals surface area contributed by atoms with Crippen LogP contribution in [0.15, 0.2) is 0 Å². The molecule has 27 heavy (non-hydrogen) atoms. The van der Waals surface area contributed by atoms with Crippen molar-refractivity contribution in [2.24, 2.45) is 11.3 Å². The van der Waals surface area contributed by atoms with E-state index in [0.717, 1.165) is 19.0 Å². The Hall–Kier alpha value is -0.160. The third-order valence-electron chi connectivity index (χ3n) is 8.26. The monoisotopic (exact) mass is 377 g/mol. The van der Waals surface area contributed by atoms with Gasteiger partial charge in [-0.2, -0.15) is 0 Å². The van der Waals surface area contributed by atoms with Gasteiger partial charge in [-0.05, 0) is 121 Å². The molecule has 3 saturated heterocycles. The van der Waals surface area contributed by atoms with E-state index in [0.29, 0.717) is 17.6 Å². The highest BCUT2D eigenvalue weighted by molar-refractivity contribution is 4.91. The summed E-state index contributed by atoms with van der Waals surface area (Å²) in [6, 6.07) is 0. The molecule has 1 aliphatic carbocycles. The number of rotatable bonds is 5. The van der Waals surface area contributed by atoms with E-state index in [4.69, 9.17) is 4.74 Å². The fourth-order valence-corrected chi connectivity index (χ4v) is 6.07. The van der Waals surface area contributed by atoms with Crippen LogP contribution in [0.25, 0.3) is 0 Å². The van der Waals surface area contributed by atoms with Crippen LogP contribution in [0.5, 0.6) is 0 Å². The lowest BCUT2D eigenvalue weighted by atomic mass is 9.71. The minimum absolute atomic E-state index is 0.533. The molecule has 1 spiro atoms. The van der Waals surface area contributed by atoms with Crippen molar-refractivity contribution in [2.75, 3.05) is 52.4 Å². The first-order valence-corrected chi connectivity index (χ1v) is 12.1. The molecule has 4 aliphatic rings. The SMILES string of the molecule is CCN1CCC2(CC1)CCN(CC1CCC(OC3CCNCC3)CC1)CC2. The predicted octanol–water partition coefficient (Wildman–Crippen LogP) is 3.51. The molecule has 3 aliphatic heterocycles. The lowest BCUT2D eigenvalue weighted by Crippen LogP contribution is -2.47. The van der Waals surface area contributed by atoms with Crippen molar-refractivity contribution in [1.82, 2.24) is 15.1 Å². The number of hydrogen-bond donors (Lipinski definition) is 1. The van der Waals surface area contributed by atoms with Crippen molar-refractivity contribution in [3.63, 3.8) is 0 Å². The maximum atomic E-state index is 6.41. The van der Waals surface area contributed by atoms with Gasteiger partial charge in [0.2, 0.25) is 0 Å². The second kappa shape index (κ2) is 9.56. The maximum Gasteiger partial charge on any atom is 0.0603 e. The van der Waals surface area contributed by atoms with E-state index in [1.54, 1.807) is 0 Å². The summed E-state index contributed by atoms with van der Waals surface area (Å²) in [5, 5.41) is 3.44. The van der Waals surface area contributed by atoms with Gasteiger partial charge in [-0.3, -0.25) is 0 Å². The number of likely N-dealkylation sites (tertiary alicyclic amines) is 2. The Labute approximate surface area is 167 Å². The highest BCUT2D eigenvalue weighted by Crippen LogP contribution is 2.41. The van der Waals surface area contributed by atoms with Gasteiger partial charge in [0.1, 0.15) is 0 Å². The average molecular weight is 378 g/mol. The molecular weight excluding hydrogens is 334 g/mol. The Morgan fingerprint density at radius 2 is 1.33 bits per heavy atom. The molecular formula is C23H43N3O. The molecule has 0 radical (unpaired) electrons. The van der Waals surface area contributed by atoms with E-state index in [1.165, 1.54) is 103 Å². The van der Waals surface area contributed by atoms with Crippen LogP contribution in [0.2, 0.25) is 0 Å². The number of hydrogen-bond acceptors (Lipinski definition) is 4. The summed E-state index contributed by atoms with van der Waals surface area (Å²) in [5.74, 6) is 0.925. The zero-order chi connectivity index (χ0) is 18.5. The van der Waals surface area contributed by atoms with Crippen LogP contribution in [0, 0.1) is 11.3 Å². The minimum Gasteiger partial charge on any atom is -0.375 e. The van der Waals surface area contributed by atoms with E-state index in [9.17, 15) is 0 Å². The van der Waals surface area contributed by atoms with Gasteiger partial charge < -0.3 is 19.9 Å². The van der Waals surface area contributed by atoms with Crippen LogP contribution >= 0.6 is 0 Å². The molecule has 0 aromatic rings. The van der Waals surface area contributed by atoms with Crippen LogP contribution in [0.4, 0.5) is 0 Å². The van der Waals surface area contributed by atoms with Crippen LogP contribution in [-0.2, 0) is 4.74 Å². The lowest BCUT2D eigenvalue weighted by molar-refractivity contribution is -0.0510. The zero-order valence-corrected chi connectivity index (χ0v) is 17.8. The zero-order valence-electron chi connectivity index (χ0n) is 17.8. The summed E-state index contributed by atoms with van der Waals surface area (Å²) >= 11 is 0. The summed E-state index contributed by atoms with van der Waals surface area (Å²) < 4.78 is 6.41. The van der Waals surface area contributed by atoms with E-state index in [2.05, 4.69) is 22.0 Å². The van der Waals surface area contributed by atoms with Crippen molar-refractivity contribution in [3.05, 3.63) is 0 Å². The molecule has 4 fully saturated rings. The number of ether oxygens (including phenoxy) is 1. The summed E-state index contributed by atoms with van der Waals surface area (Å²) in [6.45, 7) is 12.6. The quantitative estimate of drug-likeness (QED) is 0.793. The molecule has 1 saturated carbocycles. The van der Waals surface area contributed by atoms with Gasteiger partial charge >= 0.3 is 0 Å². The first kappa shape index (κ1) is 20.1. The summed E-state index contributed by atoms with van der Waals surface area (Å²) in [6.07, 6.45) is 14.7. The smallest absolute Gasteiger partial charge is 0.0603 e. The van der Waals surface area contributed by atoms with Crippen molar-refractivity contribution >= 4 is 0 Å². The van der Waals surface area contributed by atoms with E-state index in [-0.39, 0.29) is 0 Å². The Kier molecular flexibility index (Phi) is 7.13. The Balaban J connectivity index is 1.13. The van der Waals surface area contributed by atoms with Gasteiger partial charge in [0.15, 0.2) is 0 Å². The molecule has 3 heterocycles. The Bertz CT molecular complexity index is 425. The molecule has 4 heteroatoms. The summed E-state index contributed by atoms with van der Waals surface area (Å²) in [5.41, 5.74) is 0.697. The second-order valence-corrected chi connectivity index (χ2v) is 9.96. The van der Waals surface area contributed by atoms with Crippen molar-refractivity contribution in [2.45, 2.75) is 83.3 Å². The minimum atomic E-state index is 0.533. The standard InChI is InChI=1S/C23H43N3O/c1-2-25-15-9-23(10-16-25)11-17-26(18-12-23)19-20-3-5-21(6-4-20)27-22-7-13-24-14-8-22/h20-22,24H,2-19H2,1H3. The molecule has 0 aromatic carbocycles. The van der Waals surface area contributed by atoms with E-state index in [1.807, 2.05) is 0 Å². The largest absolute Gasteiger partial charge is 0.375 e. The van der Waals surface area contributed by atoms with Crippen LogP contribution in [-0.4, -0.2) is 74.4 Å². The molecule has 0 aromatic heterocycles. The van der Waals surface area contributed by atoms with Crippen molar-refractivity contribution < 1.29 is 4.74 Å². The van der Waals surface area contributed by atoms with Gasteiger partial charge in [0, 0.05) is 6.54 Å². The number of nitrogens with zero attached hydrogens (tertiary/aromatic N) is 2. The summed E-state index contributed by atoms with van der Waals surface area (Å²) in [4.78, 5) is 5.44. The molecule has 156 valence electrons. The van der Waals surface area contributed by atoms with Crippen LogP contribution < -0.4 is 5.32 Å². The Morgan fingerprint density at radius 1 is 0.778 bits per heavy atom. The van der Waals surface area contributed by atoms with Gasteiger partial charge in [0.05, 0.1) is 12.2 Å². The number of piperidine rings is 3. The van der Waals surface area contributed by atoms with Gasteiger partial charge in [-0.1, -0.05) is 6.92 Å². The Morgan fingerprint density at radius 3 is 1.93 bits per heavy atom. The highest BCUT2D eigenvalue weighted by Gasteiger charge is 2.37. The topological polar surface area (TPSA) is 27.7 Å². The fourth-order valence-electron chi connectivity index (χ4n) is 6.07. The predicted molar refractivity (Wildman–Crippen MR) is 112 cm³/mol.